The molecule has 0 radical (unpaired) electrons. The fourth-order valence-electron chi connectivity index (χ4n) is 2.53. The molecule has 2 heterocycles. The van der Waals surface area contributed by atoms with Gasteiger partial charge in [-0.1, -0.05) is 37.3 Å². The number of benzene rings is 1. The second kappa shape index (κ2) is 7.06. The van der Waals surface area contributed by atoms with E-state index in [1.165, 1.54) is 11.1 Å². The maximum atomic E-state index is 4.65. The Morgan fingerprint density at radius 3 is 2.70 bits per heavy atom. The number of hydrogen-bond donors (Lipinski definition) is 1. The number of nitrogens with zero attached hydrogens (tertiary/aromatic N) is 3. The van der Waals surface area contributed by atoms with Gasteiger partial charge in [0.25, 0.3) is 0 Å². The molecule has 0 fully saturated rings. The number of fused-ring (bicyclic) bond motifs is 1. The minimum atomic E-state index is 0.810. The Kier molecular flexibility index (Phi) is 4.88. The molecule has 0 aliphatic carbocycles. The van der Waals surface area contributed by atoms with E-state index in [2.05, 4.69) is 63.8 Å². The average molecular weight is 326 g/mol. The topological polar surface area (TPSA) is 41.0 Å². The number of nitrogens with one attached hydrogen (secondary N) is 1. The lowest BCUT2D eigenvalue weighted by molar-refractivity contribution is 0.367. The number of anilines is 1. The monoisotopic (exact) mass is 326 g/mol. The first-order valence-corrected chi connectivity index (χ1v) is 8.80. The molecular formula is C18H22N4S. The van der Waals surface area contributed by atoms with Crippen LogP contribution in [-0.4, -0.2) is 41.5 Å². The first-order valence-electron chi connectivity index (χ1n) is 7.92. The highest BCUT2D eigenvalue weighted by molar-refractivity contribution is 7.17. The molecule has 120 valence electrons. The summed E-state index contributed by atoms with van der Waals surface area (Å²) in [7, 11) is 2.13. The van der Waals surface area contributed by atoms with E-state index in [9.17, 15) is 0 Å². The highest BCUT2D eigenvalue weighted by atomic mass is 32.1. The average Bonchev–Trinajstić information content (AvgIpc) is 2.99. The predicted octanol–water partition coefficient (Wildman–Crippen LogP) is 4.03. The SMILES string of the molecule is CCN(C)CCNc1nc(C)nc2scc(-c3ccccc3)c12. The van der Waals surface area contributed by atoms with E-state index in [1.54, 1.807) is 11.3 Å². The third-order valence-corrected chi connectivity index (χ3v) is 4.83. The standard InChI is InChI=1S/C18H22N4S/c1-4-22(3)11-10-19-17-16-15(14-8-6-5-7-9-14)12-23-18(16)21-13(2)20-17/h5-9,12H,4,10-11H2,1-3H3,(H,19,20,21). The molecular weight excluding hydrogens is 304 g/mol. The fourth-order valence-corrected chi connectivity index (χ4v) is 3.52. The van der Waals surface area contributed by atoms with Gasteiger partial charge in [-0.05, 0) is 26.1 Å². The maximum absolute atomic E-state index is 4.65. The molecule has 5 heteroatoms. The summed E-state index contributed by atoms with van der Waals surface area (Å²) >= 11 is 1.68. The Hall–Kier alpha value is -1.98. The van der Waals surface area contributed by atoms with Gasteiger partial charge >= 0.3 is 0 Å². The van der Waals surface area contributed by atoms with E-state index in [1.807, 2.05) is 13.0 Å². The highest BCUT2D eigenvalue weighted by Crippen LogP contribution is 2.36. The van der Waals surface area contributed by atoms with Gasteiger partial charge in [0, 0.05) is 24.0 Å². The number of thiophene rings is 1. The Balaban J connectivity index is 1.97. The van der Waals surface area contributed by atoms with Crippen molar-refractivity contribution < 1.29 is 0 Å². The van der Waals surface area contributed by atoms with Crippen LogP contribution in [-0.2, 0) is 0 Å². The van der Waals surface area contributed by atoms with Gasteiger partial charge in [0.1, 0.15) is 16.5 Å². The molecule has 3 aromatic rings. The van der Waals surface area contributed by atoms with Gasteiger partial charge in [-0.25, -0.2) is 9.97 Å². The molecule has 1 N–H and O–H groups in total. The van der Waals surface area contributed by atoms with E-state index in [0.29, 0.717) is 0 Å². The molecule has 0 amide bonds. The van der Waals surface area contributed by atoms with Crippen LogP contribution in [0, 0.1) is 6.92 Å². The van der Waals surface area contributed by atoms with Crippen molar-refractivity contribution >= 4 is 27.4 Å². The van der Waals surface area contributed by atoms with Gasteiger partial charge < -0.3 is 10.2 Å². The second-order valence-electron chi connectivity index (χ2n) is 5.64. The minimum absolute atomic E-state index is 0.810. The molecule has 0 saturated heterocycles. The second-order valence-corrected chi connectivity index (χ2v) is 6.50. The molecule has 0 bridgehead atoms. The molecule has 1 aromatic carbocycles. The Labute approximate surface area is 141 Å². The third-order valence-electron chi connectivity index (χ3n) is 3.96. The van der Waals surface area contributed by atoms with Gasteiger partial charge in [-0.2, -0.15) is 0 Å². The molecule has 0 spiro atoms. The van der Waals surface area contributed by atoms with E-state index in [-0.39, 0.29) is 0 Å². The summed E-state index contributed by atoms with van der Waals surface area (Å²) < 4.78 is 0. The van der Waals surface area contributed by atoms with Crippen LogP contribution >= 0.6 is 11.3 Å². The summed E-state index contributed by atoms with van der Waals surface area (Å²) in [6.45, 7) is 7.03. The van der Waals surface area contributed by atoms with Crippen LogP contribution in [0.5, 0.6) is 0 Å². The normalized spacial score (nSPS) is 11.3. The summed E-state index contributed by atoms with van der Waals surface area (Å²) in [5, 5.41) is 6.81. The number of aromatic nitrogens is 2. The number of hydrogen-bond acceptors (Lipinski definition) is 5. The molecule has 0 aliphatic heterocycles. The van der Waals surface area contributed by atoms with Crippen molar-refractivity contribution in [1.29, 1.82) is 0 Å². The van der Waals surface area contributed by atoms with Gasteiger partial charge in [-0.15, -0.1) is 11.3 Å². The van der Waals surface area contributed by atoms with Crippen molar-refractivity contribution in [1.82, 2.24) is 14.9 Å². The van der Waals surface area contributed by atoms with Crippen molar-refractivity contribution in [2.24, 2.45) is 0 Å². The molecule has 0 atom stereocenters. The lowest BCUT2D eigenvalue weighted by atomic mass is 10.1. The zero-order valence-corrected chi connectivity index (χ0v) is 14.7. The van der Waals surface area contributed by atoms with Crippen LogP contribution in [0.3, 0.4) is 0 Å². The van der Waals surface area contributed by atoms with Crippen LogP contribution in [0.1, 0.15) is 12.7 Å². The first kappa shape index (κ1) is 15.9. The van der Waals surface area contributed by atoms with E-state index >= 15 is 0 Å². The van der Waals surface area contributed by atoms with Crippen molar-refractivity contribution in [3.63, 3.8) is 0 Å². The Morgan fingerprint density at radius 2 is 1.96 bits per heavy atom. The van der Waals surface area contributed by atoms with E-state index < -0.39 is 0 Å². The molecule has 2 aromatic heterocycles. The first-order chi connectivity index (χ1) is 11.2. The third kappa shape index (κ3) is 3.51. The quantitative estimate of drug-likeness (QED) is 0.742. The van der Waals surface area contributed by atoms with Crippen LogP contribution in [0.15, 0.2) is 35.7 Å². The van der Waals surface area contributed by atoms with Gasteiger partial charge in [0.2, 0.25) is 0 Å². The molecule has 0 unspecified atom stereocenters. The van der Waals surface area contributed by atoms with Gasteiger partial charge in [0.05, 0.1) is 5.39 Å². The number of rotatable bonds is 6. The van der Waals surface area contributed by atoms with Gasteiger partial charge in [0.15, 0.2) is 0 Å². The van der Waals surface area contributed by atoms with Crippen molar-refractivity contribution in [2.45, 2.75) is 13.8 Å². The molecule has 23 heavy (non-hydrogen) atoms. The summed E-state index contributed by atoms with van der Waals surface area (Å²) in [6, 6.07) is 10.4. The predicted molar refractivity (Wildman–Crippen MR) is 99.2 cm³/mol. The van der Waals surface area contributed by atoms with E-state index in [0.717, 1.165) is 41.5 Å². The lowest BCUT2D eigenvalue weighted by Gasteiger charge is -2.15. The van der Waals surface area contributed by atoms with Crippen LogP contribution < -0.4 is 5.32 Å². The van der Waals surface area contributed by atoms with Crippen LogP contribution in [0.2, 0.25) is 0 Å². The van der Waals surface area contributed by atoms with Crippen molar-refractivity contribution in [3.8, 4) is 11.1 Å². The highest BCUT2D eigenvalue weighted by Gasteiger charge is 2.14. The lowest BCUT2D eigenvalue weighted by Crippen LogP contribution is -2.25. The van der Waals surface area contributed by atoms with Gasteiger partial charge in [-0.3, -0.25) is 0 Å². The Bertz CT molecular complexity index is 782. The fraction of sp³-hybridized carbons (Fsp3) is 0.333. The van der Waals surface area contributed by atoms with Crippen LogP contribution in [0.25, 0.3) is 21.3 Å². The summed E-state index contributed by atoms with van der Waals surface area (Å²) in [6.07, 6.45) is 0. The van der Waals surface area contributed by atoms with Crippen molar-refractivity contribution in [2.75, 3.05) is 32.0 Å². The Morgan fingerprint density at radius 1 is 1.17 bits per heavy atom. The number of likely N-dealkylation sites (N-methyl/N-ethyl adjacent to an activating group) is 1. The zero-order valence-electron chi connectivity index (χ0n) is 13.8. The maximum Gasteiger partial charge on any atom is 0.139 e. The number of aryl methyl sites for hydroxylation is 1. The largest absolute Gasteiger partial charge is 0.368 e. The summed E-state index contributed by atoms with van der Waals surface area (Å²) in [4.78, 5) is 12.6. The van der Waals surface area contributed by atoms with E-state index in [4.69, 9.17) is 0 Å². The summed E-state index contributed by atoms with van der Waals surface area (Å²) in [5.41, 5.74) is 2.41. The smallest absolute Gasteiger partial charge is 0.139 e. The molecule has 0 aliphatic rings. The molecule has 3 rings (SSSR count). The molecule has 0 saturated carbocycles. The minimum Gasteiger partial charge on any atom is -0.368 e. The zero-order chi connectivity index (χ0) is 16.2. The van der Waals surface area contributed by atoms with Crippen molar-refractivity contribution in [3.05, 3.63) is 41.5 Å². The van der Waals surface area contributed by atoms with Crippen LogP contribution in [0.4, 0.5) is 5.82 Å². The molecule has 4 nitrogen and oxygen atoms in total. The summed E-state index contributed by atoms with van der Waals surface area (Å²) in [5.74, 6) is 1.75.